The van der Waals surface area contributed by atoms with Gasteiger partial charge in [0.15, 0.2) is 0 Å². The molecule has 5 nitrogen and oxygen atoms in total. The molecule has 1 unspecified atom stereocenters. The van der Waals surface area contributed by atoms with E-state index in [9.17, 15) is 19.1 Å². The number of hydrogen-bond donors (Lipinski definition) is 1. The van der Waals surface area contributed by atoms with Crippen molar-refractivity contribution in [3.8, 4) is 11.1 Å². The zero-order chi connectivity index (χ0) is 21.7. The SMILES string of the molecule is CCOC(=O)CC(O)CC(=O)N(C)c1c(C)cc(C)cc1-c1ccc(F)c(C)c1. The van der Waals surface area contributed by atoms with E-state index in [4.69, 9.17) is 4.74 Å². The monoisotopic (exact) mass is 401 g/mol. The van der Waals surface area contributed by atoms with Crippen LogP contribution in [0.1, 0.15) is 36.5 Å². The fraction of sp³-hybridized carbons (Fsp3) is 0.391. The number of rotatable bonds is 7. The molecule has 0 saturated heterocycles. The van der Waals surface area contributed by atoms with E-state index in [1.54, 1.807) is 33.0 Å². The van der Waals surface area contributed by atoms with Crippen molar-refractivity contribution in [2.24, 2.45) is 0 Å². The van der Waals surface area contributed by atoms with Gasteiger partial charge in [0.05, 0.1) is 31.2 Å². The van der Waals surface area contributed by atoms with Crippen LogP contribution in [0.25, 0.3) is 11.1 Å². The Bertz CT molecular complexity index is 910. The Morgan fingerprint density at radius 3 is 2.41 bits per heavy atom. The first-order chi connectivity index (χ1) is 13.6. The second-order valence-electron chi connectivity index (χ2n) is 7.26. The van der Waals surface area contributed by atoms with Gasteiger partial charge >= 0.3 is 5.97 Å². The minimum Gasteiger partial charge on any atom is -0.466 e. The van der Waals surface area contributed by atoms with E-state index in [1.807, 2.05) is 26.0 Å². The number of nitrogens with zero attached hydrogens (tertiary/aromatic N) is 1. The van der Waals surface area contributed by atoms with Crippen LogP contribution >= 0.6 is 0 Å². The van der Waals surface area contributed by atoms with Crippen LogP contribution in [0.3, 0.4) is 0 Å². The molecule has 1 amide bonds. The molecule has 2 aromatic carbocycles. The minimum absolute atomic E-state index is 0.204. The summed E-state index contributed by atoms with van der Waals surface area (Å²) in [5.74, 6) is -1.15. The van der Waals surface area contributed by atoms with Crippen LogP contribution in [0.15, 0.2) is 30.3 Å². The maximum Gasteiger partial charge on any atom is 0.308 e. The van der Waals surface area contributed by atoms with E-state index < -0.39 is 12.1 Å². The number of aliphatic hydroxyl groups excluding tert-OH is 1. The Morgan fingerprint density at radius 2 is 1.79 bits per heavy atom. The van der Waals surface area contributed by atoms with Crippen molar-refractivity contribution < 1.29 is 23.8 Å². The Morgan fingerprint density at radius 1 is 1.10 bits per heavy atom. The fourth-order valence-electron chi connectivity index (χ4n) is 3.39. The molecule has 29 heavy (non-hydrogen) atoms. The first-order valence-electron chi connectivity index (χ1n) is 9.62. The summed E-state index contributed by atoms with van der Waals surface area (Å²) in [6.45, 7) is 7.47. The smallest absolute Gasteiger partial charge is 0.308 e. The number of amides is 1. The number of ether oxygens (including phenoxy) is 1. The second-order valence-corrected chi connectivity index (χ2v) is 7.26. The lowest BCUT2D eigenvalue weighted by Gasteiger charge is -2.25. The molecule has 1 N–H and O–H groups in total. The number of carbonyl (C=O) groups excluding carboxylic acids is 2. The molecule has 0 fully saturated rings. The van der Waals surface area contributed by atoms with E-state index in [2.05, 4.69) is 0 Å². The highest BCUT2D eigenvalue weighted by Crippen LogP contribution is 2.35. The van der Waals surface area contributed by atoms with Gasteiger partial charge in [-0.1, -0.05) is 17.7 Å². The van der Waals surface area contributed by atoms with Crippen LogP contribution < -0.4 is 4.90 Å². The van der Waals surface area contributed by atoms with Gasteiger partial charge in [-0.2, -0.15) is 0 Å². The Labute approximate surface area is 171 Å². The predicted molar refractivity (Wildman–Crippen MR) is 111 cm³/mol. The van der Waals surface area contributed by atoms with Crippen molar-refractivity contribution >= 4 is 17.6 Å². The Hall–Kier alpha value is -2.73. The van der Waals surface area contributed by atoms with Gasteiger partial charge in [-0.05, 0) is 62.6 Å². The Kier molecular flexibility index (Phi) is 7.51. The molecular formula is C23H28FNO4. The standard InChI is InChI=1S/C23H28FNO4/c1-6-29-22(28)13-18(26)12-21(27)25(5)23-16(4)9-14(2)10-19(23)17-7-8-20(24)15(3)11-17/h7-11,18,26H,6,12-13H2,1-5H3. The van der Waals surface area contributed by atoms with Crippen molar-refractivity contribution in [1.82, 2.24) is 0 Å². The van der Waals surface area contributed by atoms with Gasteiger partial charge in [0.25, 0.3) is 0 Å². The van der Waals surface area contributed by atoms with Gasteiger partial charge < -0.3 is 14.7 Å². The lowest BCUT2D eigenvalue weighted by atomic mass is 9.95. The lowest BCUT2D eigenvalue weighted by Crippen LogP contribution is -2.31. The molecule has 0 aliphatic rings. The number of benzene rings is 2. The zero-order valence-corrected chi connectivity index (χ0v) is 17.6. The van der Waals surface area contributed by atoms with E-state index in [0.29, 0.717) is 11.3 Å². The molecule has 0 spiro atoms. The molecule has 1 atom stereocenters. The quantitative estimate of drug-likeness (QED) is 0.710. The van der Waals surface area contributed by atoms with Gasteiger partial charge in [-0.3, -0.25) is 9.59 Å². The molecule has 0 saturated carbocycles. The number of anilines is 1. The maximum atomic E-state index is 13.7. The summed E-state index contributed by atoms with van der Waals surface area (Å²) < 4.78 is 18.5. The third kappa shape index (κ3) is 5.64. The van der Waals surface area contributed by atoms with Crippen molar-refractivity contribution in [2.45, 2.75) is 46.6 Å². The van der Waals surface area contributed by atoms with Crippen molar-refractivity contribution in [2.75, 3.05) is 18.6 Å². The van der Waals surface area contributed by atoms with Crippen molar-refractivity contribution in [3.05, 3.63) is 52.8 Å². The van der Waals surface area contributed by atoms with Crippen LogP contribution in [-0.4, -0.2) is 36.7 Å². The molecule has 0 aliphatic heterocycles. The summed E-state index contributed by atoms with van der Waals surface area (Å²) in [6.07, 6.45) is -1.55. The third-order valence-electron chi connectivity index (χ3n) is 4.74. The van der Waals surface area contributed by atoms with Crippen LogP contribution in [0.4, 0.5) is 10.1 Å². The number of halogens is 1. The molecule has 2 aromatic rings. The third-order valence-corrected chi connectivity index (χ3v) is 4.74. The molecule has 0 radical (unpaired) electrons. The molecule has 2 rings (SSSR count). The van der Waals surface area contributed by atoms with Crippen LogP contribution in [0.2, 0.25) is 0 Å². The number of carbonyl (C=O) groups is 2. The summed E-state index contributed by atoms with van der Waals surface area (Å²) in [6, 6.07) is 8.77. The normalized spacial score (nSPS) is 11.8. The fourth-order valence-corrected chi connectivity index (χ4v) is 3.39. The van der Waals surface area contributed by atoms with Gasteiger partial charge in [0.2, 0.25) is 5.91 Å². The summed E-state index contributed by atoms with van der Waals surface area (Å²) in [5.41, 5.74) is 4.73. The highest BCUT2D eigenvalue weighted by Gasteiger charge is 2.22. The highest BCUT2D eigenvalue weighted by molar-refractivity contribution is 5.99. The number of esters is 1. The van der Waals surface area contributed by atoms with E-state index in [-0.39, 0.29) is 31.2 Å². The molecule has 0 heterocycles. The number of aliphatic hydroxyl groups is 1. The summed E-state index contributed by atoms with van der Waals surface area (Å²) in [5, 5.41) is 10.1. The molecule has 0 aliphatic carbocycles. The Balaban J connectivity index is 2.34. The molecule has 0 aromatic heterocycles. The van der Waals surface area contributed by atoms with Gasteiger partial charge in [0, 0.05) is 12.6 Å². The molecule has 0 bridgehead atoms. The zero-order valence-electron chi connectivity index (χ0n) is 17.6. The second kappa shape index (κ2) is 9.65. The van der Waals surface area contributed by atoms with Crippen molar-refractivity contribution in [3.63, 3.8) is 0 Å². The predicted octanol–water partition coefficient (Wildman–Crippen LogP) is 4.08. The topological polar surface area (TPSA) is 66.8 Å². The van der Waals surface area contributed by atoms with Crippen LogP contribution in [0.5, 0.6) is 0 Å². The summed E-state index contributed by atoms with van der Waals surface area (Å²) >= 11 is 0. The van der Waals surface area contributed by atoms with Gasteiger partial charge in [-0.15, -0.1) is 0 Å². The van der Waals surface area contributed by atoms with E-state index in [0.717, 1.165) is 22.3 Å². The first kappa shape index (κ1) is 22.6. The van der Waals surface area contributed by atoms with Gasteiger partial charge in [-0.25, -0.2) is 4.39 Å². The number of hydrogen-bond acceptors (Lipinski definition) is 4. The molecule has 6 heteroatoms. The average molecular weight is 401 g/mol. The largest absolute Gasteiger partial charge is 0.466 e. The number of aryl methyl sites for hydroxylation is 3. The van der Waals surface area contributed by atoms with Crippen LogP contribution in [-0.2, 0) is 14.3 Å². The summed E-state index contributed by atoms with van der Waals surface area (Å²) in [4.78, 5) is 25.8. The van der Waals surface area contributed by atoms with E-state index >= 15 is 0 Å². The average Bonchev–Trinajstić information content (AvgIpc) is 2.62. The lowest BCUT2D eigenvalue weighted by molar-refractivity contribution is -0.145. The highest BCUT2D eigenvalue weighted by atomic mass is 19.1. The van der Waals surface area contributed by atoms with Crippen LogP contribution in [0, 0.1) is 26.6 Å². The van der Waals surface area contributed by atoms with Crippen molar-refractivity contribution in [1.29, 1.82) is 0 Å². The van der Waals surface area contributed by atoms with E-state index in [1.165, 1.54) is 11.0 Å². The maximum absolute atomic E-state index is 13.7. The molecular weight excluding hydrogens is 373 g/mol. The molecule has 156 valence electrons. The minimum atomic E-state index is -1.12. The summed E-state index contributed by atoms with van der Waals surface area (Å²) in [7, 11) is 1.64. The van der Waals surface area contributed by atoms with Gasteiger partial charge in [0.1, 0.15) is 5.82 Å². The first-order valence-corrected chi connectivity index (χ1v) is 9.62.